The van der Waals surface area contributed by atoms with Crippen LogP contribution in [-0.2, 0) is 9.59 Å². The van der Waals surface area contributed by atoms with Crippen LogP contribution >= 0.6 is 11.3 Å². The van der Waals surface area contributed by atoms with Crippen molar-refractivity contribution in [2.75, 3.05) is 17.2 Å². The molecule has 0 atom stereocenters. The first kappa shape index (κ1) is 16.6. The highest BCUT2D eigenvalue weighted by molar-refractivity contribution is 7.12. The zero-order chi connectivity index (χ0) is 16.8. The Kier molecular flexibility index (Phi) is 5.42. The first-order valence-corrected chi connectivity index (χ1v) is 7.52. The van der Waals surface area contributed by atoms with Crippen LogP contribution in [0.25, 0.3) is 0 Å². The first-order chi connectivity index (χ1) is 11.0. The second-order valence-electron chi connectivity index (χ2n) is 4.58. The van der Waals surface area contributed by atoms with E-state index >= 15 is 0 Å². The van der Waals surface area contributed by atoms with Crippen molar-refractivity contribution in [3.63, 3.8) is 0 Å². The summed E-state index contributed by atoms with van der Waals surface area (Å²) in [6.07, 6.45) is 0. The van der Waals surface area contributed by atoms with Gasteiger partial charge >= 0.3 is 0 Å². The van der Waals surface area contributed by atoms with E-state index in [2.05, 4.69) is 16.0 Å². The molecule has 3 amide bonds. The van der Waals surface area contributed by atoms with Crippen LogP contribution in [0.1, 0.15) is 16.6 Å². The molecule has 0 saturated heterocycles. The fraction of sp³-hybridized carbons (Fsp3) is 0.133. The summed E-state index contributed by atoms with van der Waals surface area (Å²) in [7, 11) is 0. The molecule has 2 aromatic rings. The van der Waals surface area contributed by atoms with Gasteiger partial charge in [0.1, 0.15) is 5.82 Å². The number of thiophene rings is 1. The fourth-order valence-electron chi connectivity index (χ4n) is 1.75. The molecule has 0 saturated carbocycles. The average molecular weight is 335 g/mol. The highest BCUT2D eigenvalue weighted by Gasteiger charge is 2.11. The van der Waals surface area contributed by atoms with Gasteiger partial charge in [-0.25, -0.2) is 4.39 Å². The van der Waals surface area contributed by atoms with Crippen molar-refractivity contribution in [2.24, 2.45) is 0 Å². The van der Waals surface area contributed by atoms with Gasteiger partial charge in [0.25, 0.3) is 5.91 Å². The molecule has 2 rings (SSSR count). The standard InChI is InChI=1S/C15H14FN3O3S/c1-9(20)18-10-4-5-11(16)12(7-10)19-14(21)8-17-15(22)13-3-2-6-23-13/h2-7H,8H2,1H3,(H,17,22)(H,18,20)(H,19,21). The van der Waals surface area contributed by atoms with Crippen LogP contribution in [0.15, 0.2) is 35.7 Å². The molecule has 0 fully saturated rings. The number of anilines is 2. The van der Waals surface area contributed by atoms with Crippen molar-refractivity contribution in [3.8, 4) is 0 Å². The van der Waals surface area contributed by atoms with Crippen molar-refractivity contribution in [3.05, 3.63) is 46.4 Å². The number of rotatable bonds is 5. The van der Waals surface area contributed by atoms with Crippen molar-refractivity contribution >= 4 is 40.4 Å². The van der Waals surface area contributed by atoms with E-state index in [0.29, 0.717) is 10.6 Å². The summed E-state index contributed by atoms with van der Waals surface area (Å²) >= 11 is 1.25. The molecule has 120 valence electrons. The fourth-order valence-corrected chi connectivity index (χ4v) is 2.39. The van der Waals surface area contributed by atoms with Gasteiger partial charge in [-0.3, -0.25) is 14.4 Å². The van der Waals surface area contributed by atoms with E-state index in [0.717, 1.165) is 6.07 Å². The van der Waals surface area contributed by atoms with Crippen LogP contribution in [0.5, 0.6) is 0 Å². The molecule has 8 heteroatoms. The van der Waals surface area contributed by atoms with Crippen LogP contribution in [0.2, 0.25) is 0 Å². The first-order valence-electron chi connectivity index (χ1n) is 6.64. The van der Waals surface area contributed by atoms with Gasteiger partial charge in [0.2, 0.25) is 11.8 Å². The summed E-state index contributed by atoms with van der Waals surface area (Å²) in [6, 6.07) is 7.17. The smallest absolute Gasteiger partial charge is 0.261 e. The zero-order valence-corrected chi connectivity index (χ0v) is 13.0. The Morgan fingerprint density at radius 3 is 2.61 bits per heavy atom. The maximum atomic E-state index is 13.7. The lowest BCUT2D eigenvalue weighted by atomic mass is 10.2. The summed E-state index contributed by atoms with van der Waals surface area (Å²) in [4.78, 5) is 35.0. The second kappa shape index (κ2) is 7.50. The summed E-state index contributed by atoms with van der Waals surface area (Å²) in [6.45, 7) is 1.03. The highest BCUT2D eigenvalue weighted by Crippen LogP contribution is 2.19. The molecular weight excluding hydrogens is 321 g/mol. The Morgan fingerprint density at radius 1 is 1.17 bits per heavy atom. The van der Waals surface area contributed by atoms with Gasteiger partial charge in [0.15, 0.2) is 0 Å². The topological polar surface area (TPSA) is 87.3 Å². The Morgan fingerprint density at radius 2 is 1.96 bits per heavy atom. The monoisotopic (exact) mass is 335 g/mol. The van der Waals surface area contributed by atoms with Crippen molar-refractivity contribution in [1.29, 1.82) is 0 Å². The minimum absolute atomic E-state index is 0.0772. The molecule has 0 radical (unpaired) electrons. The Balaban J connectivity index is 1.94. The SMILES string of the molecule is CC(=O)Nc1ccc(F)c(NC(=O)CNC(=O)c2cccs2)c1. The lowest BCUT2D eigenvalue weighted by Gasteiger charge is -2.09. The largest absolute Gasteiger partial charge is 0.342 e. The number of carbonyl (C=O) groups excluding carboxylic acids is 3. The third-order valence-electron chi connectivity index (χ3n) is 2.72. The Bertz CT molecular complexity index is 732. The average Bonchev–Trinajstić information content (AvgIpc) is 3.02. The number of hydrogen-bond donors (Lipinski definition) is 3. The molecular formula is C15H14FN3O3S. The Hall–Kier alpha value is -2.74. The molecule has 0 aliphatic heterocycles. The predicted molar refractivity (Wildman–Crippen MR) is 86.0 cm³/mol. The highest BCUT2D eigenvalue weighted by atomic mass is 32.1. The van der Waals surface area contributed by atoms with Crippen LogP contribution in [0.4, 0.5) is 15.8 Å². The third-order valence-corrected chi connectivity index (χ3v) is 3.58. The van der Waals surface area contributed by atoms with Crippen LogP contribution in [0, 0.1) is 5.82 Å². The zero-order valence-electron chi connectivity index (χ0n) is 12.2. The summed E-state index contributed by atoms with van der Waals surface area (Å²) < 4.78 is 13.7. The summed E-state index contributed by atoms with van der Waals surface area (Å²) in [5.41, 5.74) is 0.281. The van der Waals surface area contributed by atoms with Crippen molar-refractivity contribution in [1.82, 2.24) is 5.32 Å². The van der Waals surface area contributed by atoms with Gasteiger partial charge in [0, 0.05) is 12.6 Å². The molecule has 23 heavy (non-hydrogen) atoms. The normalized spacial score (nSPS) is 10.0. The molecule has 6 nitrogen and oxygen atoms in total. The van der Waals surface area contributed by atoms with Gasteiger partial charge in [-0.1, -0.05) is 6.07 Å². The maximum Gasteiger partial charge on any atom is 0.261 e. The van der Waals surface area contributed by atoms with E-state index in [-0.39, 0.29) is 24.0 Å². The molecule has 0 aliphatic carbocycles. The van der Waals surface area contributed by atoms with E-state index in [1.807, 2.05) is 0 Å². The molecule has 1 aromatic carbocycles. The number of halogens is 1. The number of hydrogen-bond acceptors (Lipinski definition) is 4. The Labute approximate surface area is 135 Å². The van der Waals surface area contributed by atoms with Gasteiger partial charge in [0.05, 0.1) is 17.1 Å². The van der Waals surface area contributed by atoms with Gasteiger partial charge in [-0.05, 0) is 29.6 Å². The molecule has 1 heterocycles. The van der Waals surface area contributed by atoms with Crippen molar-refractivity contribution < 1.29 is 18.8 Å². The van der Waals surface area contributed by atoms with E-state index in [4.69, 9.17) is 0 Å². The van der Waals surface area contributed by atoms with E-state index in [1.54, 1.807) is 17.5 Å². The number of carbonyl (C=O) groups is 3. The van der Waals surface area contributed by atoms with Crippen LogP contribution in [0.3, 0.4) is 0 Å². The van der Waals surface area contributed by atoms with Gasteiger partial charge in [-0.15, -0.1) is 11.3 Å². The summed E-state index contributed by atoms with van der Waals surface area (Å²) in [5.74, 6) is -1.90. The predicted octanol–water partition coefficient (Wildman–Crippen LogP) is 2.21. The molecule has 0 aliphatic rings. The molecule has 0 unspecified atom stereocenters. The summed E-state index contributed by atoms with van der Waals surface area (Å²) in [5, 5.41) is 9.02. The third kappa shape index (κ3) is 4.89. The molecule has 1 aromatic heterocycles. The van der Waals surface area contributed by atoms with E-state index in [1.165, 1.54) is 30.4 Å². The number of nitrogens with one attached hydrogen (secondary N) is 3. The maximum absolute atomic E-state index is 13.7. The molecule has 0 bridgehead atoms. The second-order valence-corrected chi connectivity index (χ2v) is 5.53. The van der Waals surface area contributed by atoms with Crippen molar-refractivity contribution in [2.45, 2.75) is 6.92 Å². The minimum Gasteiger partial charge on any atom is -0.342 e. The van der Waals surface area contributed by atoms with Gasteiger partial charge in [-0.2, -0.15) is 0 Å². The molecule has 3 N–H and O–H groups in total. The molecule has 0 spiro atoms. The lowest BCUT2D eigenvalue weighted by Crippen LogP contribution is -2.32. The van der Waals surface area contributed by atoms with Gasteiger partial charge < -0.3 is 16.0 Å². The number of benzene rings is 1. The number of amides is 3. The lowest BCUT2D eigenvalue weighted by molar-refractivity contribution is -0.115. The van der Waals surface area contributed by atoms with E-state index < -0.39 is 11.7 Å². The van der Waals surface area contributed by atoms with E-state index in [9.17, 15) is 18.8 Å². The van der Waals surface area contributed by atoms with Crippen LogP contribution < -0.4 is 16.0 Å². The van der Waals surface area contributed by atoms with Crippen LogP contribution in [-0.4, -0.2) is 24.3 Å². The quantitative estimate of drug-likeness (QED) is 0.783. The minimum atomic E-state index is -0.642.